The average molecular weight is 308 g/mol. The van der Waals surface area contributed by atoms with Gasteiger partial charge in [0.05, 0.1) is 0 Å². The summed E-state index contributed by atoms with van der Waals surface area (Å²) < 4.78 is 0. The Balaban J connectivity index is 2.28. The van der Waals surface area contributed by atoms with Crippen molar-refractivity contribution in [2.24, 2.45) is 16.3 Å². The van der Waals surface area contributed by atoms with Gasteiger partial charge in [-0.05, 0) is 42.2 Å². The molecule has 0 amide bonds. The quantitative estimate of drug-likeness (QED) is 0.180. The van der Waals surface area contributed by atoms with Crippen LogP contribution in [0.15, 0.2) is 34.3 Å². The Hall–Kier alpha value is -1.16. The molecule has 0 bridgehead atoms. The number of hydrogen-bond donors (Lipinski definition) is 2. The van der Waals surface area contributed by atoms with E-state index in [4.69, 9.17) is 10.9 Å². The van der Waals surface area contributed by atoms with Crippen LogP contribution in [0.1, 0.15) is 58.4 Å². The van der Waals surface area contributed by atoms with Gasteiger partial charge < -0.3 is 10.9 Å². The fourth-order valence-corrected chi connectivity index (χ4v) is 2.98. The molecule has 0 aromatic heterocycles. The van der Waals surface area contributed by atoms with E-state index in [1.807, 2.05) is 25.6 Å². The lowest BCUT2D eigenvalue weighted by Gasteiger charge is -2.22. The molecule has 1 aromatic carbocycles. The number of hydrogen-bond acceptors (Lipinski definition) is 3. The van der Waals surface area contributed by atoms with E-state index in [0.717, 1.165) is 25.0 Å². The zero-order valence-electron chi connectivity index (χ0n) is 13.6. The van der Waals surface area contributed by atoms with Crippen molar-refractivity contribution in [3.63, 3.8) is 0 Å². The molecule has 0 radical (unpaired) electrons. The summed E-state index contributed by atoms with van der Waals surface area (Å²) in [7, 11) is 0. The third-order valence-electron chi connectivity index (χ3n) is 3.81. The van der Waals surface area contributed by atoms with Gasteiger partial charge in [-0.25, -0.2) is 0 Å². The second-order valence-corrected chi connectivity index (χ2v) is 7.57. The Morgan fingerprint density at radius 2 is 1.86 bits per heavy atom. The SMILES string of the molecule is CC(C)c1ccc(SCCCCC(C)(C)/C(N)=N/O)cc1. The van der Waals surface area contributed by atoms with Crippen molar-refractivity contribution in [2.75, 3.05) is 5.75 Å². The van der Waals surface area contributed by atoms with Gasteiger partial charge in [0.25, 0.3) is 0 Å². The molecule has 1 aromatic rings. The van der Waals surface area contributed by atoms with Crippen molar-refractivity contribution in [2.45, 2.75) is 57.8 Å². The van der Waals surface area contributed by atoms with E-state index in [0.29, 0.717) is 11.8 Å². The van der Waals surface area contributed by atoms with Crippen molar-refractivity contribution in [3.8, 4) is 0 Å². The van der Waals surface area contributed by atoms with E-state index in [2.05, 4.69) is 43.3 Å². The van der Waals surface area contributed by atoms with Gasteiger partial charge in [0.15, 0.2) is 0 Å². The van der Waals surface area contributed by atoms with E-state index in [1.54, 1.807) is 0 Å². The molecule has 0 saturated carbocycles. The van der Waals surface area contributed by atoms with Crippen molar-refractivity contribution < 1.29 is 5.21 Å². The number of nitrogens with zero attached hydrogens (tertiary/aromatic N) is 1. The predicted octanol–water partition coefficient (Wildman–Crippen LogP) is 4.85. The minimum absolute atomic E-state index is 0.224. The number of rotatable bonds is 8. The number of nitrogens with two attached hydrogens (primary N) is 1. The molecule has 0 fully saturated rings. The first-order valence-corrected chi connectivity index (χ1v) is 8.56. The first-order chi connectivity index (χ1) is 9.86. The largest absolute Gasteiger partial charge is 0.409 e. The Kier molecular flexibility index (Phi) is 7.09. The van der Waals surface area contributed by atoms with Gasteiger partial charge in [0, 0.05) is 10.3 Å². The van der Waals surface area contributed by atoms with Crippen LogP contribution in [0.5, 0.6) is 0 Å². The molecule has 0 aliphatic heterocycles. The topological polar surface area (TPSA) is 58.6 Å². The van der Waals surface area contributed by atoms with Crippen LogP contribution in [0.4, 0.5) is 0 Å². The normalized spacial score (nSPS) is 12.9. The van der Waals surface area contributed by atoms with Gasteiger partial charge in [0.1, 0.15) is 5.84 Å². The summed E-state index contributed by atoms with van der Waals surface area (Å²) in [6.07, 6.45) is 3.16. The molecule has 0 spiro atoms. The first kappa shape index (κ1) is 17.9. The van der Waals surface area contributed by atoms with E-state index in [-0.39, 0.29) is 5.41 Å². The lowest BCUT2D eigenvalue weighted by Crippen LogP contribution is -2.31. The van der Waals surface area contributed by atoms with Gasteiger partial charge >= 0.3 is 0 Å². The summed E-state index contributed by atoms with van der Waals surface area (Å²) >= 11 is 1.89. The Morgan fingerprint density at radius 1 is 1.24 bits per heavy atom. The Bertz CT molecular complexity index is 452. The maximum Gasteiger partial charge on any atom is 0.144 e. The fourth-order valence-electron chi connectivity index (χ4n) is 2.07. The molecule has 0 unspecified atom stereocenters. The molecule has 3 nitrogen and oxygen atoms in total. The number of benzene rings is 1. The first-order valence-electron chi connectivity index (χ1n) is 7.57. The molecular formula is C17H28N2OS. The molecule has 0 atom stereocenters. The van der Waals surface area contributed by atoms with Crippen LogP contribution >= 0.6 is 11.8 Å². The van der Waals surface area contributed by atoms with E-state index < -0.39 is 0 Å². The molecule has 0 aliphatic rings. The van der Waals surface area contributed by atoms with E-state index >= 15 is 0 Å². The molecule has 118 valence electrons. The smallest absolute Gasteiger partial charge is 0.144 e. The maximum atomic E-state index is 8.74. The molecule has 3 N–H and O–H groups in total. The predicted molar refractivity (Wildman–Crippen MR) is 92.3 cm³/mol. The highest BCUT2D eigenvalue weighted by Crippen LogP contribution is 2.26. The summed E-state index contributed by atoms with van der Waals surface area (Å²) in [5.41, 5.74) is 6.85. The van der Waals surface area contributed by atoms with Crippen molar-refractivity contribution in [3.05, 3.63) is 29.8 Å². The molecule has 0 aliphatic carbocycles. The minimum Gasteiger partial charge on any atom is -0.409 e. The summed E-state index contributed by atoms with van der Waals surface area (Å²) in [6, 6.07) is 8.85. The van der Waals surface area contributed by atoms with Gasteiger partial charge in [-0.3, -0.25) is 0 Å². The van der Waals surface area contributed by atoms with Gasteiger partial charge in [0.2, 0.25) is 0 Å². The average Bonchev–Trinajstić information content (AvgIpc) is 2.46. The Labute approximate surface area is 133 Å². The van der Waals surface area contributed by atoms with Crippen LogP contribution in [0, 0.1) is 5.41 Å². The highest BCUT2D eigenvalue weighted by molar-refractivity contribution is 7.99. The van der Waals surface area contributed by atoms with Crippen molar-refractivity contribution in [1.82, 2.24) is 0 Å². The van der Waals surface area contributed by atoms with Crippen molar-refractivity contribution in [1.29, 1.82) is 0 Å². The summed E-state index contributed by atoms with van der Waals surface area (Å²) in [5.74, 6) is 2.01. The molecule has 0 saturated heterocycles. The lowest BCUT2D eigenvalue weighted by atomic mass is 9.86. The number of oxime groups is 1. The highest BCUT2D eigenvalue weighted by Gasteiger charge is 2.22. The van der Waals surface area contributed by atoms with E-state index in [1.165, 1.54) is 10.5 Å². The molecule has 4 heteroatoms. The molecular weight excluding hydrogens is 280 g/mol. The van der Waals surface area contributed by atoms with Gasteiger partial charge in [-0.15, -0.1) is 11.8 Å². The Morgan fingerprint density at radius 3 is 2.38 bits per heavy atom. The van der Waals surface area contributed by atoms with Crippen LogP contribution < -0.4 is 5.73 Å². The zero-order valence-corrected chi connectivity index (χ0v) is 14.4. The van der Waals surface area contributed by atoms with Crippen LogP contribution in [0.2, 0.25) is 0 Å². The highest BCUT2D eigenvalue weighted by atomic mass is 32.2. The second-order valence-electron chi connectivity index (χ2n) is 6.40. The van der Waals surface area contributed by atoms with Crippen LogP contribution in [-0.2, 0) is 0 Å². The number of thioether (sulfide) groups is 1. The number of unbranched alkanes of at least 4 members (excludes halogenated alkanes) is 1. The van der Waals surface area contributed by atoms with Gasteiger partial charge in [-0.1, -0.05) is 51.4 Å². The second kappa shape index (κ2) is 8.32. The lowest BCUT2D eigenvalue weighted by molar-refractivity contribution is 0.304. The van der Waals surface area contributed by atoms with Crippen molar-refractivity contribution >= 4 is 17.6 Å². The van der Waals surface area contributed by atoms with Crippen LogP contribution in [0.25, 0.3) is 0 Å². The third kappa shape index (κ3) is 6.00. The molecule has 1 rings (SSSR count). The fraction of sp³-hybridized carbons (Fsp3) is 0.588. The summed E-state index contributed by atoms with van der Waals surface area (Å²) in [5, 5.41) is 11.9. The third-order valence-corrected chi connectivity index (χ3v) is 4.91. The maximum absolute atomic E-state index is 8.74. The van der Waals surface area contributed by atoms with Crippen LogP contribution in [0.3, 0.4) is 0 Å². The standard InChI is InChI=1S/C17H28N2OS/c1-13(2)14-7-9-15(10-8-14)21-12-6-5-11-17(3,4)16(18)19-20/h7-10,13,20H,5-6,11-12H2,1-4H3,(H2,18,19). The van der Waals surface area contributed by atoms with Gasteiger partial charge in [-0.2, -0.15) is 0 Å². The molecule has 0 heterocycles. The molecule has 21 heavy (non-hydrogen) atoms. The minimum atomic E-state index is -0.224. The zero-order chi connectivity index (χ0) is 15.9. The van der Waals surface area contributed by atoms with Crippen LogP contribution in [-0.4, -0.2) is 16.8 Å². The summed E-state index contributed by atoms with van der Waals surface area (Å²) in [4.78, 5) is 1.33. The summed E-state index contributed by atoms with van der Waals surface area (Å²) in [6.45, 7) is 8.45. The monoisotopic (exact) mass is 308 g/mol. The van der Waals surface area contributed by atoms with E-state index in [9.17, 15) is 0 Å². The number of amidine groups is 1.